The lowest BCUT2D eigenvalue weighted by atomic mass is 10.2. The van der Waals surface area contributed by atoms with Crippen molar-refractivity contribution in [1.29, 1.82) is 5.26 Å². The van der Waals surface area contributed by atoms with Crippen molar-refractivity contribution in [3.8, 4) is 6.07 Å². The van der Waals surface area contributed by atoms with Crippen LogP contribution in [0.25, 0.3) is 0 Å². The minimum absolute atomic E-state index is 0.0589. The fraction of sp³-hybridized carbons (Fsp3) is 0.211. The monoisotopic (exact) mass is 421 g/mol. The maximum absolute atomic E-state index is 13.4. The topological polar surface area (TPSA) is 116 Å². The van der Waals surface area contributed by atoms with Gasteiger partial charge in [-0.3, -0.25) is 9.59 Å². The minimum atomic E-state index is -4.24. The van der Waals surface area contributed by atoms with Gasteiger partial charge in [-0.1, -0.05) is 24.3 Å². The Kier molecular flexibility index (Phi) is 7.39. The highest BCUT2D eigenvalue weighted by molar-refractivity contribution is 7.92. The Balaban J connectivity index is 2.21. The Bertz CT molecular complexity index is 1040. The van der Waals surface area contributed by atoms with Crippen LogP contribution in [0.5, 0.6) is 0 Å². The summed E-state index contributed by atoms with van der Waals surface area (Å²) < 4.78 is 51.9. The molecule has 1 atom stereocenters. The van der Waals surface area contributed by atoms with Crippen molar-refractivity contribution in [2.45, 2.75) is 11.0 Å². The molecule has 29 heavy (non-hydrogen) atoms. The third kappa shape index (κ3) is 6.08. The normalized spacial score (nSPS) is 11.9. The van der Waals surface area contributed by atoms with Crippen LogP contribution in [0.4, 0.5) is 8.78 Å². The number of sulfone groups is 1. The van der Waals surface area contributed by atoms with Gasteiger partial charge in [-0.25, -0.2) is 17.2 Å². The van der Waals surface area contributed by atoms with Crippen LogP contribution in [0.3, 0.4) is 0 Å². The molecule has 1 unspecified atom stereocenters. The molecule has 2 N–H and O–H groups in total. The van der Waals surface area contributed by atoms with Crippen molar-refractivity contribution in [3.63, 3.8) is 0 Å². The second kappa shape index (κ2) is 9.75. The van der Waals surface area contributed by atoms with Gasteiger partial charge in [-0.05, 0) is 29.8 Å². The highest BCUT2D eigenvalue weighted by Crippen LogP contribution is 2.15. The Hall–Kier alpha value is -3.32. The summed E-state index contributed by atoms with van der Waals surface area (Å²) in [5.74, 6) is -4.69. The largest absolute Gasteiger partial charge is 0.350 e. The van der Waals surface area contributed by atoms with Crippen LogP contribution < -0.4 is 10.6 Å². The first-order chi connectivity index (χ1) is 13.7. The van der Waals surface area contributed by atoms with Gasteiger partial charge in [0.2, 0.25) is 5.91 Å². The van der Waals surface area contributed by atoms with Crippen LogP contribution >= 0.6 is 0 Å². The molecule has 0 radical (unpaired) electrons. The van der Waals surface area contributed by atoms with E-state index in [0.29, 0.717) is 0 Å². The number of carbonyl (C=O) groups is 2. The summed E-state index contributed by atoms with van der Waals surface area (Å²) in [6, 6.07) is 12.2. The van der Waals surface area contributed by atoms with E-state index in [9.17, 15) is 26.8 Å². The zero-order valence-corrected chi connectivity index (χ0v) is 15.9. The molecule has 2 amide bonds. The van der Waals surface area contributed by atoms with Crippen molar-refractivity contribution in [3.05, 3.63) is 71.3 Å². The minimum Gasteiger partial charge on any atom is -0.350 e. The van der Waals surface area contributed by atoms with Gasteiger partial charge in [0.05, 0.1) is 11.8 Å². The molecule has 0 aliphatic heterocycles. The van der Waals surface area contributed by atoms with Crippen LogP contribution in [0.2, 0.25) is 0 Å². The quantitative estimate of drug-likeness (QED) is 0.624. The van der Waals surface area contributed by atoms with E-state index in [1.165, 1.54) is 12.1 Å². The van der Waals surface area contributed by atoms with Crippen LogP contribution in [-0.2, 0) is 20.4 Å². The molecular weight excluding hydrogens is 404 g/mol. The molecule has 0 fully saturated rings. The van der Waals surface area contributed by atoms with Crippen molar-refractivity contribution in [1.82, 2.24) is 10.6 Å². The van der Waals surface area contributed by atoms with E-state index >= 15 is 0 Å². The predicted molar refractivity (Wildman–Crippen MR) is 100 cm³/mol. The molecule has 10 heteroatoms. The van der Waals surface area contributed by atoms with Gasteiger partial charge in [-0.2, -0.15) is 5.26 Å². The summed E-state index contributed by atoms with van der Waals surface area (Å²) in [6.45, 7) is -0.986. The molecule has 2 rings (SSSR count). The summed E-state index contributed by atoms with van der Waals surface area (Å²) in [6.07, 6.45) is 0. The summed E-state index contributed by atoms with van der Waals surface area (Å²) in [5, 5.41) is 11.4. The molecule has 2 aromatic rings. The fourth-order valence-electron chi connectivity index (χ4n) is 2.46. The maximum Gasteiger partial charge on any atom is 0.251 e. The van der Waals surface area contributed by atoms with Gasteiger partial charge >= 0.3 is 0 Å². The molecule has 0 saturated carbocycles. The van der Waals surface area contributed by atoms with E-state index in [2.05, 4.69) is 10.6 Å². The highest BCUT2D eigenvalue weighted by Gasteiger charge is 2.33. The molecule has 0 aliphatic carbocycles. The summed E-state index contributed by atoms with van der Waals surface area (Å²) in [5.41, 5.74) is 0.207. The molecule has 7 nitrogen and oxygen atoms in total. The Morgan fingerprint density at radius 3 is 2.34 bits per heavy atom. The summed E-state index contributed by atoms with van der Waals surface area (Å²) in [7, 11) is -4.24. The van der Waals surface area contributed by atoms with Crippen LogP contribution in [0.15, 0.2) is 48.5 Å². The smallest absolute Gasteiger partial charge is 0.251 e. The number of hydrogen-bond donors (Lipinski definition) is 2. The number of benzene rings is 2. The number of carbonyl (C=O) groups excluding carboxylic acids is 2. The Morgan fingerprint density at radius 1 is 1.03 bits per heavy atom. The van der Waals surface area contributed by atoms with Crippen molar-refractivity contribution in [2.24, 2.45) is 0 Å². The Labute approximate surface area is 166 Å². The van der Waals surface area contributed by atoms with Gasteiger partial charge in [0.25, 0.3) is 5.91 Å². The third-order valence-corrected chi connectivity index (χ3v) is 5.89. The van der Waals surface area contributed by atoms with Gasteiger partial charge < -0.3 is 10.6 Å². The molecule has 152 valence electrons. The van der Waals surface area contributed by atoms with Gasteiger partial charge in [0, 0.05) is 12.1 Å². The number of nitrogens with one attached hydrogen (secondary N) is 2. The van der Waals surface area contributed by atoms with E-state index in [1.54, 1.807) is 24.3 Å². The number of nitriles is 1. The van der Waals surface area contributed by atoms with Crippen LogP contribution in [0.1, 0.15) is 15.9 Å². The van der Waals surface area contributed by atoms with E-state index in [1.807, 2.05) is 0 Å². The SMILES string of the molecule is N#CCNC(=O)C(CNC(=O)c1ccccc1)S(=O)(=O)Cc1ccc(F)c(F)c1. The fourth-order valence-corrected chi connectivity index (χ4v) is 4.05. The third-order valence-electron chi connectivity index (χ3n) is 3.90. The lowest BCUT2D eigenvalue weighted by molar-refractivity contribution is -0.120. The number of rotatable bonds is 8. The molecule has 2 aromatic carbocycles. The van der Waals surface area contributed by atoms with E-state index in [0.717, 1.165) is 18.2 Å². The molecule has 0 aliphatic rings. The zero-order chi connectivity index (χ0) is 21.4. The lowest BCUT2D eigenvalue weighted by Gasteiger charge is -2.17. The summed E-state index contributed by atoms with van der Waals surface area (Å²) >= 11 is 0. The van der Waals surface area contributed by atoms with Gasteiger partial charge in [0.15, 0.2) is 26.7 Å². The zero-order valence-electron chi connectivity index (χ0n) is 15.1. The van der Waals surface area contributed by atoms with E-state index in [4.69, 9.17) is 5.26 Å². The van der Waals surface area contributed by atoms with E-state index < -0.39 is 57.4 Å². The number of amides is 2. The second-order valence-electron chi connectivity index (χ2n) is 6.00. The first-order valence-electron chi connectivity index (χ1n) is 8.38. The maximum atomic E-state index is 13.4. The average molecular weight is 421 g/mol. The molecule has 0 spiro atoms. The highest BCUT2D eigenvalue weighted by atomic mass is 32.2. The Morgan fingerprint density at radius 2 is 1.72 bits per heavy atom. The molecule has 0 heterocycles. The van der Waals surface area contributed by atoms with Crippen molar-refractivity contribution < 1.29 is 26.8 Å². The first-order valence-corrected chi connectivity index (χ1v) is 10.1. The summed E-state index contributed by atoms with van der Waals surface area (Å²) in [4.78, 5) is 24.5. The first kappa shape index (κ1) is 22.0. The van der Waals surface area contributed by atoms with Crippen molar-refractivity contribution in [2.75, 3.05) is 13.1 Å². The molecule has 0 aromatic heterocycles. The van der Waals surface area contributed by atoms with Gasteiger partial charge in [0.1, 0.15) is 6.54 Å². The molecular formula is C19H17F2N3O4S. The second-order valence-corrected chi connectivity index (χ2v) is 8.18. The van der Waals surface area contributed by atoms with E-state index in [-0.39, 0.29) is 11.1 Å². The standard InChI is InChI=1S/C19H17F2N3O4S/c20-15-7-6-13(10-16(15)21)12-29(27,28)17(19(26)23-9-8-22)11-24-18(25)14-4-2-1-3-5-14/h1-7,10,17H,9,11-12H2,(H,23,26)(H,24,25). The molecule has 0 bridgehead atoms. The van der Waals surface area contributed by atoms with Crippen LogP contribution in [-0.4, -0.2) is 38.6 Å². The number of hydrogen-bond acceptors (Lipinski definition) is 5. The average Bonchev–Trinajstić information content (AvgIpc) is 2.69. The predicted octanol–water partition coefficient (Wildman–Crippen LogP) is 1.32. The number of nitrogens with zero attached hydrogens (tertiary/aromatic N) is 1. The molecule has 0 saturated heterocycles. The lowest BCUT2D eigenvalue weighted by Crippen LogP contribution is -2.47. The van der Waals surface area contributed by atoms with Crippen LogP contribution in [0, 0.1) is 23.0 Å². The number of halogens is 2. The van der Waals surface area contributed by atoms with Gasteiger partial charge in [-0.15, -0.1) is 0 Å². The van der Waals surface area contributed by atoms with Crippen molar-refractivity contribution >= 4 is 21.7 Å².